The molecule has 0 fully saturated rings. The SMILES string of the molecule is NC(=NN=Cc1ccc(-c2ccc(C(=O)O)c(O)c2)o1)N[N+](=O)[O-]. The van der Waals surface area contributed by atoms with Crippen molar-refractivity contribution in [3.63, 3.8) is 0 Å². The number of nitrogens with two attached hydrogens (primary N) is 1. The molecule has 0 aliphatic carbocycles. The number of nitrogens with one attached hydrogen (secondary N) is 1. The molecule has 11 heteroatoms. The van der Waals surface area contributed by atoms with E-state index in [1.54, 1.807) is 11.5 Å². The van der Waals surface area contributed by atoms with Crippen LogP contribution in [0.3, 0.4) is 0 Å². The number of carboxylic acid groups (broad SMARTS) is 1. The average Bonchev–Trinajstić information content (AvgIpc) is 2.94. The van der Waals surface area contributed by atoms with Crippen molar-refractivity contribution in [2.24, 2.45) is 15.9 Å². The van der Waals surface area contributed by atoms with Crippen molar-refractivity contribution in [2.45, 2.75) is 0 Å². The molecule has 0 unspecified atom stereocenters. The molecule has 0 saturated carbocycles. The Morgan fingerprint density at radius 2 is 2.12 bits per heavy atom. The van der Waals surface area contributed by atoms with E-state index in [2.05, 4.69) is 10.2 Å². The molecule has 0 amide bonds. The molecule has 0 atom stereocenters. The number of aromatic carboxylic acids is 1. The lowest BCUT2D eigenvalue weighted by Crippen LogP contribution is -2.35. The van der Waals surface area contributed by atoms with E-state index in [-0.39, 0.29) is 11.3 Å². The Labute approximate surface area is 133 Å². The van der Waals surface area contributed by atoms with Gasteiger partial charge in [0, 0.05) is 5.56 Å². The molecular formula is C13H11N5O6. The molecular weight excluding hydrogens is 322 g/mol. The molecule has 0 radical (unpaired) electrons. The first kappa shape index (κ1) is 16.5. The summed E-state index contributed by atoms with van der Waals surface area (Å²) in [4.78, 5) is 20.9. The molecule has 1 heterocycles. The fourth-order valence-electron chi connectivity index (χ4n) is 1.71. The first-order valence-corrected chi connectivity index (χ1v) is 6.31. The number of carboxylic acids is 1. The summed E-state index contributed by atoms with van der Waals surface area (Å²) in [6, 6.07) is 7.07. The van der Waals surface area contributed by atoms with Gasteiger partial charge in [0.15, 0.2) is 5.03 Å². The molecule has 124 valence electrons. The van der Waals surface area contributed by atoms with E-state index in [4.69, 9.17) is 15.3 Å². The van der Waals surface area contributed by atoms with E-state index in [0.717, 1.165) is 0 Å². The van der Waals surface area contributed by atoms with Gasteiger partial charge >= 0.3 is 5.97 Å². The average molecular weight is 333 g/mol. The van der Waals surface area contributed by atoms with Crippen LogP contribution in [0, 0.1) is 10.1 Å². The van der Waals surface area contributed by atoms with Crippen LogP contribution in [0.2, 0.25) is 0 Å². The maximum atomic E-state index is 10.8. The van der Waals surface area contributed by atoms with E-state index in [1.165, 1.54) is 30.5 Å². The molecule has 2 rings (SSSR count). The van der Waals surface area contributed by atoms with Gasteiger partial charge in [0.05, 0.1) is 6.21 Å². The summed E-state index contributed by atoms with van der Waals surface area (Å²) in [5.41, 5.74) is 7.01. The Morgan fingerprint density at radius 1 is 1.38 bits per heavy atom. The van der Waals surface area contributed by atoms with E-state index >= 15 is 0 Å². The predicted octanol–water partition coefficient (Wildman–Crippen LogP) is 0.780. The second kappa shape index (κ2) is 6.91. The van der Waals surface area contributed by atoms with E-state index in [0.29, 0.717) is 11.3 Å². The molecule has 0 aliphatic rings. The smallest absolute Gasteiger partial charge is 0.339 e. The quantitative estimate of drug-likeness (QED) is 0.268. The first-order chi connectivity index (χ1) is 11.4. The second-order valence-electron chi connectivity index (χ2n) is 4.34. The Balaban J connectivity index is 2.15. The number of hydrazine groups is 1. The third-order valence-corrected chi connectivity index (χ3v) is 2.70. The molecule has 0 bridgehead atoms. The lowest BCUT2D eigenvalue weighted by molar-refractivity contribution is -0.525. The van der Waals surface area contributed by atoms with Crippen LogP contribution in [0.5, 0.6) is 5.75 Å². The number of aromatic hydroxyl groups is 1. The van der Waals surface area contributed by atoms with Gasteiger partial charge in [0.1, 0.15) is 22.8 Å². The molecule has 0 aliphatic heterocycles. The lowest BCUT2D eigenvalue weighted by Gasteiger charge is -2.01. The van der Waals surface area contributed by atoms with Crippen molar-refractivity contribution in [3.05, 3.63) is 51.8 Å². The molecule has 1 aromatic carbocycles. The van der Waals surface area contributed by atoms with Gasteiger partial charge in [-0.05, 0) is 24.3 Å². The van der Waals surface area contributed by atoms with Gasteiger partial charge in [0.25, 0.3) is 5.96 Å². The van der Waals surface area contributed by atoms with Crippen LogP contribution < -0.4 is 11.2 Å². The summed E-state index contributed by atoms with van der Waals surface area (Å²) >= 11 is 0. The monoisotopic (exact) mass is 333 g/mol. The molecule has 24 heavy (non-hydrogen) atoms. The topological polar surface area (TPSA) is 177 Å². The lowest BCUT2D eigenvalue weighted by atomic mass is 10.1. The number of nitro groups is 1. The third-order valence-electron chi connectivity index (χ3n) is 2.70. The van der Waals surface area contributed by atoms with Crippen molar-refractivity contribution >= 4 is 18.1 Å². The molecule has 1 aromatic heterocycles. The zero-order valence-corrected chi connectivity index (χ0v) is 11.9. The molecule has 5 N–H and O–H groups in total. The largest absolute Gasteiger partial charge is 0.507 e. The standard InChI is InChI=1S/C13H11N5O6/c14-13(17-18(22)23)16-15-6-8-2-4-11(24-8)7-1-3-9(12(20)21)10(19)5-7/h1-6,19H,(H,20,21)(H3,14,16,17). The minimum Gasteiger partial charge on any atom is -0.507 e. The number of guanidine groups is 1. The number of benzene rings is 1. The Morgan fingerprint density at radius 3 is 2.75 bits per heavy atom. The summed E-state index contributed by atoms with van der Waals surface area (Å²) in [5.74, 6) is -1.52. The van der Waals surface area contributed by atoms with E-state index < -0.39 is 22.7 Å². The Hall–Kier alpha value is -3.89. The summed E-state index contributed by atoms with van der Waals surface area (Å²) in [7, 11) is 0. The van der Waals surface area contributed by atoms with Gasteiger partial charge in [-0.2, -0.15) is 5.10 Å². The van der Waals surface area contributed by atoms with Crippen molar-refractivity contribution in [3.8, 4) is 17.1 Å². The van der Waals surface area contributed by atoms with Crippen LogP contribution in [-0.2, 0) is 0 Å². The molecule has 2 aromatic rings. The van der Waals surface area contributed by atoms with Crippen LogP contribution in [0.4, 0.5) is 0 Å². The maximum absolute atomic E-state index is 10.8. The number of furan rings is 1. The van der Waals surface area contributed by atoms with Crippen molar-refractivity contribution in [1.82, 2.24) is 5.43 Å². The normalized spacial score (nSPS) is 11.6. The minimum atomic E-state index is -1.25. The van der Waals surface area contributed by atoms with Gasteiger partial charge < -0.3 is 20.4 Å². The molecule has 11 nitrogen and oxygen atoms in total. The highest BCUT2D eigenvalue weighted by Crippen LogP contribution is 2.27. The number of phenols is 1. The Bertz CT molecular complexity index is 841. The van der Waals surface area contributed by atoms with E-state index in [9.17, 15) is 20.0 Å². The maximum Gasteiger partial charge on any atom is 0.339 e. The van der Waals surface area contributed by atoms with Gasteiger partial charge in [-0.15, -0.1) is 5.10 Å². The highest BCUT2D eigenvalue weighted by Gasteiger charge is 2.12. The summed E-state index contributed by atoms with van der Waals surface area (Å²) in [6.07, 6.45) is 1.17. The number of hydrogen-bond acceptors (Lipinski definition) is 7. The molecule has 0 spiro atoms. The minimum absolute atomic E-state index is 0.227. The fraction of sp³-hybridized carbons (Fsp3) is 0. The van der Waals surface area contributed by atoms with Gasteiger partial charge in [0.2, 0.25) is 0 Å². The summed E-state index contributed by atoms with van der Waals surface area (Å²) in [5, 5.41) is 34.6. The predicted molar refractivity (Wildman–Crippen MR) is 82.1 cm³/mol. The van der Waals surface area contributed by atoms with Crippen molar-refractivity contribution in [1.29, 1.82) is 0 Å². The first-order valence-electron chi connectivity index (χ1n) is 6.31. The highest BCUT2D eigenvalue weighted by atomic mass is 16.7. The number of hydrogen-bond donors (Lipinski definition) is 4. The zero-order chi connectivity index (χ0) is 17.7. The third kappa shape index (κ3) is 4.07. The van der Waals surface area contributed by atoms with Crippen LogP contribution in [-0.4, -0.2) is 33.4 Å². The highest BCUT2D eigenvalue weighted by molar-refractivity contribution is 5.91. The van der Waals surface area contributed by atoms with Crippen molar-refractivity contribution < 1.29 is 24.5 Å². The zero-order valence-electron chi connectivity index (χ0n) is 11.9. The summed E-state index contributed by atoms with van der Waals surface area (Å²) < 4.78 is 5.42. The van der Waals surface area contributed by atoms with Crippen LogP contribution in [0.15, 0.2) is 45.0 Å². The van der Waals surface area contributed by atoms with Crippen LogP contribution in [0.1, 0.15) is 16.1 Å². The van der Waals surface area contributed by atoms with Crippen LogP contribution >= 0.6 is 0 Å². The molecule has 0 saturated heterocycles. The van der Waals surface area contributed by atoms with Gasteiger partial charge in [-0.25, -0.2) is 14.9 Å². The van der Waals surface area contributed by atoms with Crippen molar-refractivity contribution in [2.75, 3.05) is 0 Å². The summed E-state index contributed by atoms with van der Waals surface area (Å²) in [6.45, 7) is 0. The number of nitrogens with zero attached hydrogens (tertiary/aromatic N) is 3. The fourth-order valence-corrected chi connectivity index (χ4v) is 1.71. The van der Waals surface area contributed by atoms with Gasteiger partial charge in [-0.1, -0.05) is 11.5 Å². The second-order valence-corrected chi connectivity index (χ2v) is 4.34. The number of rotatable bonds is 5. The Kier molecular flexibility index (Phi) is 4.75. The number of carbonyl (C=O) groups is 1. The van der Waals surface area contributed by atoms with Gasteiger partial charge in [-0.3, -0.25) is 0 Å². The van der Waals surface area contributed by atoms with E-state index in [1.807, 2.05) is 0 Å². The van der Waals surface area contributed by atoms with Crippen LogP contribution in [0.25, 0.3) is 11.3 Å².